The molecule has 0 aliphatic rings. The summed E-state index contributed by atoms with van der Waals surface area (Å²) in [6, 6.07) is 0. The maximum absolute atomic E-state index is 14.2. The van der Waals surface area contributed by atoms with E-state index in [1.165, 1.54) is 20.8 Å². The van der Waals surface area contributed by atoms with Gasteiger partial charge < -0.3 is 9.84 Å². The number of carboxylic acids is 1. The van der Waals surface area contributed by atoms with Gasteiger partial charge in [0.2, 0.25) is 0 Å². The number of hydrogen-bond acceptors (Lipinski definition) is 6. The molecule has 1 N–H and O–H groups in total. The summed E-state index contributed by atoms with van der Waals surface area (Å²) in [7, 11) is 0. The van der Waals surface area contributed by atoms with Crippen molar-refractivity contribution < 1.29 is 23.8 Å². The van der Waals surface area contributed by atoms with E-state index in [1.54, 1.807) is 6.92 Å². The van der Waals surface area contributed by atoms with Gasteiger partial charge in [0.25, 0.3) is 5.56 Å². The molecule has 1 unspecified atom stereocenters. The number of carboxylic acid groups (broad SMARTS) is 1. The highest BCUT2D eigenvalue weighted by atomic mass is 32.1. The number of carbonyl (C=O) groups is 2. The van der Waals surface area contributed by atoms with Gasteiger partial charge in [-0.1, -0.05) is 0 Å². The molecule has 2 aromatic heterocycles. The van der Waals surface area contributed by atoms with Crippen molar-refractivity contribution in [3.05, 3.63) is 31.3 Å². The molecule has 10 heteroatoms. The lowest BCUT2D eigenvalue weighted by molar-refractivity contribution is -0.146. The molecule has 0 radical (unpaired) electrons. The highest BCUT2D eigenvalue weighted by Gasteiger charge is 2.36. The van der Waals surface area contributed by atoms with Gasteiger partial charge in [-0.2, -0.15) is 0 Å². The summed E-state index contributed by atoms with van der Waals surface area (Å²) in [5, 5.41) is 9.33. The third kappa shape index (κ3) is 2.83. The second-order valence-electron chi connectivity index (χ2n) is 6.19. The van der Waals surface area contributed by atoms with E-state index in [-0.39, 0.29) is 27.3 Å². The maximum atomic E-state index is 14.2. The van der Waals surface area contributed by atoms with E-state index in [0.29, 0.717) is 9.13 Å². The molecule has 2 heterocycles. The van der Waals surface area contributed by atoms with Crippen LogP contribution in [0.5, 0.6) is 0 Å². The van der Waals surface area contributed by atoms with Crippen LogP contribution in [0.1, 0.15) is 49.2 Å². The number of aryl methyl sites for hydroxylation is 1. The Morgan fingerprint density at radius 1 is 1.35 bits per heavy atom. The van der Waals surface area contributed by atoms with Crippen LogP contribution < -0.4 is 11.2 Å². The maximum Gasteiger partial charge on any atom is 0.348 e. The number of rotatable bonds is 5. The summed E-state index contributed by atoms with van der Waals surface area (Å²) < 4.78 is 20.3. The Labute approximate surface area is 151 Å². The molecule has 0 aliphatic heterocycles. The van der Waals surface area contributed by atoms with Crippen LogP contribution in [0.4, 0.5) is 4.39 Å². The minimum absolute atomic E-state index is 0.0343. The summed E-state index contributed by atoms with van der Waals surface area (Å²) in [4.78, 5) is 49.3. The van der Waals surface area contributed by atoms with E-state index in [4.69, 9.17) is 4.74 Å². The molecule has 8 nitrogen and oxygen atoms in total. The van der Waals surface area contributed by atoms with Crippen LogP contribution in [-0.2, 0) is 15.1 Å². The highest BCUT2D eigenvalue weighted by molar-refractivity contribution is 7.20. The molecule has 0 saturated heterocycles. The van der Waals surface area contributed by atoms with Gasteiger partial charge in [0.1, 0.15) is 15.2 Å². The second-order valence-corrected chi connectivity index (χ2v) is 7.19. The summed E-state index contributed by atoms with van der Waals surface area (Å²) in [6.45, 7) is 6.62. The number of carbonyl (C=O) groups excluding carboxylic acids is 1. The van der Waals surface area contributed by atoms with E-state index in [9.17, 15) is 28.7 Å². The average Bonchev–Trinajstić information content (AvgIpc) is 2.84. The van der Waals surface area contributed by atoms with Gasteiger partial charge in [0, 0.05) is 0 Å². The fraction of sp³-hybridized carbons (Fsp3) is 0.500. The third-order valence-electron chi connectivity index (χ3n) is 4.06. The lowest BCUT2D eigenvalue weighted by atomic mass is 10.1. The SMILES string of the molecule is CCOC(=O)c1sc2c(c1C)c(=O)n(C(C)(C)C(=O)O)c(=O)n2C(C)F. The lowest BCUT2D eigenvalue weighted by Crippen LogP contribution is -2.52. The Morgan fingerprint density at radius 3 is 2.38 bits per heavy atom. The zero-order valence-electron chi connectivity index (χ0n) is 15.0. The number of thiophene rings is 1. The van der Waals surface area contributed by atoms with Crippen molar-refractivity contribution in [1.82, 2.24) is 9.13 Å². The number of alkyl halides is 1. The fourth-order valence-electron chi connectivity index (χ4n) is 2.61. The Morgan fingerprint density at radius 2 is 1.92 bits per heavy atom. The Balaban J connectivity index is 3.06. The molecule has 2 aromatic rings. The molecule has 2 rings (SSSR count). The van der Waals surface area contributed by atoms with Crippen LogP contribution in [0.15, 0.2) is 9.59 Å². The lowest BCUT2D eigenvalue weighted by Gasteiger charge is -2.23. The minimum atomic E-state index is -1.91. The topological polar surface area (TPSA) is 108 Å². The number of nitrogens with zero attached hydrogens (tertiary/aromatic N) is 2. The molecular weight excluding hydrogens is 367 g/mol. The quantitative estimate of drug-likeness (QED) is 0.788. The highest BCUT2D eigenvalue weighted by Crippen LogP contribution is 2.30. The molecule has 0 spiro atoms. The summed E-state index contributed by atoms with van der Waals surface area (Å²) in [6.07, 6.45) is -1.84. The Hall–Kier alpha value is -2.49. The van der Waals surface area contributed by atoms with Crippen LogP contribution >= 0.6 is 11.3 Å². The first-order valence-electron chi connectivity index (χ1n) is 7.82. The first-order valence-corrected chi connectivity index (χ1v) is 8.64. The van der Waals surface area contributed by atoms with Gasteiger partial charge in [-0.15, -0.1) is 11.3 Å². The number of ether oxygens (including phenoxy) is 1. The number of esters is 1. The predicted molar refractivity (Wildman–Crippen MR) is 93.8 cm³/mol. The number of fused-ring (bicyclic) bond motifs is 1. The monoisotopic (exact) mass is 386 g/mol. The smallest absolute Gasteiger partial charge is 0.348 e. The summed E-state index contributed by atoms with van der Waals surface area (Å²) >= 11 is 0.771. The molecule has 0 saturated carbocycles. The van der Waals surface area contributed by atoms with E-state index in [0.717, 1.165) is 18.3 Å². The van der Waals surface area contributed by atoms with Crippen molar-refractivity contribution >= 4 is 33.5 Å². The van der Waals surface area contributed by atoms with Gasteiger partial charge in [-0.25, -0.2) is 23.3 Å². The molecule has 0 bridgehead atoms. The van der Waals surface area contributed by atoms with Gasteiger partial charge in [0.15, 0.2) is 6.30 Å². The van der Waals surface area contributed by atoms with Crippen molar-refractivity contribution in [2.24, 2.45) is 0 Å². The summed E-state index contributed by atoms with van der Waals surface area (Å²) in [5.74, 6) is -2.12. The van der Waals surface area contributed by atoms with Crippen LogP contribution in [0.3, 0.4) is 0 Å². The molecule has 142 valence electrons. The molecule has 0 amide bonds. The van der Waals surface area contributed by atoms with Gasteiger partial charge >= 0.3 is 17.6 Å². The minimum Gasteiger partial charge on any atom is -0.480 e. The molecule has 1 atom stereocenters. The van der Waals surface area contributed by atoms with Gasteiger partial charge in [0.05, 0.1) is 12.0 Å². The molecular formula is C16H19FN2O6S. The van der Waals surface area contributed by atoms with Crippen molar-refractivity contribution in [2.45, 2.75) is 46.5 Å². The average molecular weight is 386 g/mol. The van der Waals surface area contributed by atoms with E-state index in [1.807, 2.05) is 0 Å². The van der Waals surface area contributed by atoms with Crippen molar-refractivity contribution in [1.29, 1.82) is 0 Å². The standard InChI is InChI=1S/C16H19FN2O6S/c1-6-25-13(21)10-7(2)9-11(20)19(16(4,5)14(22)23)15(24)18(8(3)17)12(9)26-10/h8H,6H2,1-5H3,(H,22,23). The molecule has 0 fully saturated rings. The van der Waals surface area contributed by atoms with Crippen molar-refractivity contribution in [2.75, 3.05) is 6.61 Å². The first kappa shape index (κ1) is 19.8. The van der Waals surface area contributed by atoms with Gasteiger partial charge in [-0.05, 0) is 40.2 Å². The van der Waals surface area contributed by atoms with E-state index in [2.05, 4.69) is 0 Å². The van der Waals surface area contributed by atoms with Gasteiger partial charge in [-0.3, -0.25) is 9.36 Å². The number of hydrogen-bond donors (Lipinski definition) is 1. The van der Waals surface area contributed by atoms with Crippen LogP contribution in [-0.4, -0.2) is 32.8 Å². The van der Waals surface area contributed by atoms with Crippen LogP contribution in [0.25, 0.3) is 10.2 Å². The molecule has 0 aliphatic carbocycles. The fourth-order valence-corrected chi connectivity index (χ4v) is 3.86. The second kappa shape index (κ2) is 6.67. The summed E-state index contributed by atoms with van der Waals surface area (Å²) in [5.41, 5.74) is -3.67. The van der Waals surface area contributed by atoms with Crippen LogP contribution in [0.2, 0.25) is 0 Å². The predicted octanol–water partition coefficient (Wildman–Crippen LogP) is 2.02. The zero-order valence-corrected chi connectivity index (χ0v) is 15.8. The third-order valence-corrected chi connectivity index (χ3v) is 5.33. The Bertz CT molecular complexity index is 1010. The first-order chi connectivity index (χ1) is 12.0. The van der Waals surface area contributed by atoms with E-state index >= 15 is 0 Å². The number of aromatic nitrogens is 2. The largest absolute Gasteiger partial charge is 0.480 e. The van der Waals surface area contributed by atoms with Crippen molar-refractivity contribution in [3.8, 4) is 0 Å². The van der Waals surface area contributed by atoms with Crippen molar-refractivity contribution in [3.63, 3.8) is 0 Å². The molecule has 26 heavy (non-hydrogen) atoms. The normalized spacial score (nSPS) is 13.0. The number of aliphatic carboxylic acids is 1. The van der Waals surface area contributed by atoms with E-state index < -0.39 is 35.0 Å². The van der Waals surface area contributed by atoms with Crippen LogP contribution in [0, 0.1) is 6.92 Å². The molecule has 0 aromatic carbocycles. The number of halogens is 1. The zero-order chi connectivity index (χ0) is 20.0. The Kier molecular flexibility index (Phi) is 5.09.